The molecule has 2 heteroatoms. The predicted octanol–water partition coefficient (Wildman–Crippen LogP) is 2.12. The van der Waals surface area contributed by atoms with Crippen LogP contribution < -0.4 is 0 Å². The van der Waals surface area contributed by atoms with E-state index in [1.807, 2.05) is 18.3 Å². The molecule has 2 heterocycles. The largest absolute Gasteiger partial charge is 0.259 e. The zero-order valence-corrected chi connectivity index (χ0v) is 6.54. The van der Waals surface area contributed by atoms with E-state index in [9.17, 15) is 0 Å². The van der Waals surface area contributed by atoms with Crippen molar-refractivity contribution in [1.82, 2.24) is 4.98 Å². The fourth-order valence-electron chi connectivity index (χ4n) is 1.28. The molecular weight excluding hydrogens is 136 g/mol. The number of hydrogen-bond acceptors (Lipinski definition) is 2. The van der Waals surface area contributed by atoms with Crippen LogP contribution in [0, 0.1) is 0 Å². The molecule has 0 bridgehead atoms. The molecule has 0 atom stereocenters. The van der Waals surface area contributed by atoms with Crippen molar-refractivity contribution < 1.29 is 0 Å². The minimum absolute atomic E-state index is 1.05. The van der Waals surface area contributed by atoms with E-state index >= 15 is 0 Å². The van der Waals surface area contributed by atoms with Crippen LogP contribution in [0.4, 0.5) is 5.69 Å². The molecule has 0 aliphatic carbocycles. The topological polar surface area (TPSA) is 25.2 Å². The zero-order valence-electron chi connectivity index (χ0n) is 6.54. The van der Waals surface area contributed by atoms with Crippen molar-refractivity contribution in [3.8, 4) is 0 Å². The third-order valence-electron chi connectivity index (χ3n) is 1.90. The van der Waals surface area contributed by atoms with Crippen molar-refractivity contribution >= 4 is 11.4 Å². The average molecular weight is 146 g/mol. The van der Waals surface area contributed by atoms with Gasteiger partial charge in [0.25, 0.3) is 0 Å². The van der Waals surface area contributed by atoms with E-state index in [-0.39, 0.29) is 0 Å². The number of nitrogens with zero attached hydrogens (tertiary/aromatic N) is 2. The summed E-state index contributed by atoms with van der Waals surface area (Å²) < 4.78 is 0. The summed E-state index contributed by atoms with van der Waals surface area (Å²) in [7, 11) is 0. The molecule has 0 saturated heterocycles. The van der Waals surface area contributed by atoms with Crippen molar-refractivity contribution in [1.29, 1.82) is 0 Å². The van der Waals surface area contributed by atoms with Crippen molar-refractivity contribution in [3.05, 3.63) is 24.0 Å². The van der Waals surface area contributed by atoms with Crippen LogP contribution in [0.1, 0.15) is 19.0 Å². The number of aryl methyl sites for hydroxylation is 1. The minimum atomic E-state index is 1.05. The van der Waals surface area contributed by atoms with E-state index in [1.165, 1.54) is 5.71 Å². The highest BCUT2D eigenvalue weighted by Crippen LogP contribution is 2.22. The molecule has 1 aromatic heterocycles. The van der Waals surface area contributed by atoms with Gasteiger partial charge in [-0.2, -0.15) is 0 Å². The van der Waals surface area contributed by atoms with Gasteiger partial charge >= 0.3 is 0 Å². The van der Waals surface area contributed by atoms with E-state index in [4.69, 9.17) is 0 Å². The van der Waals surface area contributed by atoms with Gasteiger partial charge in [-0.3, -0.25) is 9.98 Å². The molecule has 0 aromatic carbocycles. The van der Waals surface area contributed by atoms with Gasteiger partial charge in [-0.15, -0.1) is 0 Å². The second-order valence-electron chi connectivity index (χ2n) is 2.82. The van der Waals surface area contributed by atoms with Crippen LogP contribution >= 0.6 is 0 Å². The van der Waals surface area contributed by atoms with E-state index < -0.39 is 0 Å². The van der Waals surface area contributed by atoms with Gasteiger partial charge in [-0.25, -0.2) is 0 Å². The van der Waals surface area contributed by atoms with Crippen molar-refractivity contribution in [2.24, 2.45) is 4.99 Å². The van der Waals surface area contributed by atoms with Gasteiger partial charge in [-0.1, -0.05) is 0 Å². The first-order valence-corrected chi connectivity index (χ1v) is 3.84. The molecule has 0 N–H and O–H groups in total. The SMILES string of the molecule is CC1=Nc2cccnc2CC1. The highest BCUT2D eigenvalue weighted by Gasteiger charge is 2.08. The monoisotopic (exact) mass is 146 g/mol. The Hall–Kier alpha value is -1.18. The van der Waals surface area contributed by atoms with Gasteiger partial charge in [0.15, 0.2) is 0 Å². The Kier molecular flexibility index (Phi) is 1.46. The van der Waals surface area contributed by atoms with Crippen molar-refractivity contribution in [2.45, 2.75) is 19.8 Å². The maximum absolute atomic E-state index is 4.40. The first-order valence-electron chi connectivity index (χ1n) is 3.84. The zero-order chi connectivity index (χ0) is 7.68. The van der Waals surface area contributed by atoms with E-state index in [0.29, 0.717) is 0 Å². The van der Waals surface area contributed by atoms with Gasteiger partial charge in [0.1, 0.15) is 0 Å². The quantitative estimate of drug-likeness (QED) is 0.550. The fourth-order valence-corrected chi connectivity index (χ4v) is 1.28. The Morgan fingerprint density at radius 3 is 3.18 bits per heavy atom. The molecule has 1 aliphatic rings. The van der Waals surface area contributed by atoms with Crippen LogP contribution in [0.5, 0.6) is 0 Å². The first-order chi connectivity index (χ1) is 5.36. The summed E-state index contributed by atoms with van der Waals surface area (Å²) in [6.45, 7) is 2.07. The Bertz CT molecular complexity index is 302. The van der Waals surface area contributed by atoms with Crippen LogP contribution in [0.25, 0.3) is 0 Å². The van der Waals surface area contributed by atoms with Gasteiger partial charge < -0.3 is 0 Å². The van der Waals surface area contributed by atoms with Gasteiger partial charge in [0.05, 0.1) is 11.4 Å². The van der Waals surface area contributed by atoms with E-state index in [2.05, 4.69) is 16.9 Å². The Morgan fingerprint density at radius 1 is 1.36 bits per heavy atom. The van der Waals surface area contributed by atoms with Gasteiger partial charge in [-0.05, 0) is 31.9 Å². The number of fused-ring (bicyclic) bond motifs is 1. The molecule has 56 valence electrons. The van der Waals surface area contributed by atoms with E-state index in [0.717, 1.165) is 24.2 Å². The molecule has 0 saturated carbocycles. The molecule has 1 aromatic rings. The number of aromatic nitrogens is 1. The molecule has 2 nitrogen and oxygen atoms in total. The van der Waals surface area contributed by atoms with Crippen LogP contribution in [-0.4, -0.2) is 10.7 Å². The third-order valence-corrected chi connectivity index (χ3v) is 1.90. The number of rotatable bonds is 0. The summed E-state index contributed by atoms with van der Waals surface area (Å²) in [6.07, 6.45) is 3.94. The fraction of sp³-hybridized carbons (Fsp3) is 0.333. The normalized spacial score (nSPS) is 15.5. The molecule has 0 spiro atoms. The van der Waals surface area contributed by atoms with Gasteiger partial charge in [0.2, 0.25) is 0 Å². The lowest BCUT2D eigenvalue weighted by Gasteiger charge is -2.10. The van der Waals surface area contributed by atoms with Crippen LogP contribution in [0.3, 0.4) is 0 Å². The highest BCUT2D eigenvalue weighted by molar-refractivity contribution is 5.86. The molecule has 0 fully saturated rings. The molecule has 1 aliphatic heterocycles. The van der Waals surface area contributed by atoms with Crippen LogP contribution in [0.15, 0.2) is 23.3 Å². The van der Waals surface area contributed by atoms with Crippen LogP contribution in [0.2, 0.25) is 0 Å². The Labute approximate surface area is 66.0 Å². The number of aliphatic imine (C=N–C) groups is 1. The molecule has 2 rings (SSSR count). The number of hydrogen-bond donors (Lipinski definition) is 0. The van der Waals surface area contributed by atoms with E-state index in [1.54, 1.807) is 0 Å². The summed E-state index contributed by atoms with van der Waals surface area (Å²) in [5, 5.41) is 0. The summed E-state index contributed by atoms with van der Waals surface area (Å²) in [6, 6.07) is 3.95. The average Bonchev–Trinajstić information content (AvgIpc) is 2.04. The Morgan fingerprint density at radius 2 is 2.27 bits per heavy atom. The second-order valence-corrected chi connectivity index (χ2v) is 2.82. The second kappa shape index (κ2) is 2.46. The maximum atomic E-state index is 4.40. The standard InChI is InChI=1S/C9H10N2/c1-7-4-5-8-9(11-7)3-2-6-10-8/h2-3,6H,4-5H2,1H3. The molecule has 0 amide bonds. The predicted molar refractivity (Wildman–Crippen MR) is 45.3 cm³/mol. The molecule has 0 radical (unpaired) electrons. The minimum Gasteiger partial charge on any atom is -0.259 e. The van der Waals surface area contributed by atoms with Crippen molar-refractivity contribution in [3.63, 3.8) is 0 Å². The summed E-state index contributed by atoms with van der Waals surface area (Å²) in [4.78, 5) is 8.65. The number of pyridine rings is 1. The summed E-state index contributed by atoms with van der Waals surface area (Å²) in [5.41, 5.74) is 3.40. The Balaban J connectivity index is 2.51. The third kappa shape index (κ3) is 1.16. The lowest BCUT2D eigenvalue weighted by Crippen LogP contribution is -2.02. The first kappa shape index (κ1) is 6.53. The van der Waals surface area contributed by atoms with Crippen molar-refractivity contribution in [2.75, 3.05) is 0 Å². The highest BCUT2D eigenvalue weighted by atomic mass is 14.8. The molecule has 11 heavy (non-hydrogen) atoms. The smallest absolute Gasteiger partial charge is 0.0844 e. The summed E-state index contributed by atoms with van der Waals surface area (Å²) >= 11 is 0. The molecular formula is C9H10N2. The van der Waals surface area contributed by atoms with Crippen LogP contribution in [-0.2, 0) is 6.42 Å². The lowest BCUT2D eigenvalue weighted by molar-refractivity contribution is 0.941. The maximum Gasteiger partial charge on any atom is 0.0844 e. The summed E-state index contributed by atoms with van der Waals surface area (Å²) in [5.74, 6) is 0. The van der Waals surface area contributed by atoms with Gasteiger partial charge in [0, 0.05) is 11.9 Å². The molecule has 0 unspecified atom stereocenters. The lowest BCUT2D eigenvalue weighted by atomic mass is 10.1.